The van der Waals surface area contributed by atoms with Crippen molar-refractivity contribution in [2.75, 3.05) is 0 Å². The summed E-state index contributed by atoms with van der Waals surface area (Å²) in [5.74, 6) is -0.478. The van der Waals surface area contributed by atoms with Gasteiger partial charge in [0.25, 0.3) is 0 Å². The summed E-state index contributed by atoms with van der Waals surface area (Å²) in [6.07, 6.45) is 2.85. The van der Waals surface area contributed by atoms with E-state index in [1.165, 1.54) is 12.2 Å². The molecule has 0 saturated heterocycles. The molecular weight excluding hydrogens is 200 g/mol. The van der Waals surface area contributed by atoms with E-state index < -0.39 is 5.97 Å². The topological polar surface area (TPSA) is 26.3 Å². The van der Waals surface area contributed by atoms with Crippen molar-refractivity contribution in [3.05, 3.63) is 59.8 Å². The minimum Gasteiger partial charge on any atom is -0.410 e. The molecule has 0 fully saturated rings. The lowest BCUT2D eigenvalue weighted by atomic mass is 10.2. The Labute approximate surface area is 87.5 Å². The first kappa shape index (κ1) is 10.5. The zero-order valence-corrected chi connectivity index (χ0v) is 8.20. The summed E-state index contributed by atoms with van der Waals surface area (Å²) in [6, 6.07) is 8.63. The van der Waals surface area contributed by atoms with Crippen molar-refractivity contribution >= 4 is 17.6 Å². The van der Waals surface area contributed by atoms with Crippen molar-refractivity contribution in [3.63, 3.8) is 0 Å². The van der Waals surface area contributed by atoms with Crippen LogP contribution in [0.4, 0.5) is 0 Å². The molecule has 0 aliphatic rings. The second kappa shape index (κ2) is 5.25. The number of carbonyl (C=O) groups is 1. The molecule has 0 spiro atoms. The van der Waals surface area contributed by atoms with Crippen molar-refractivity contribution in [1.29, 1.82) is 0 Å². The molecule has 0 atom stereocenters. The highest BCUT2D eigenvalue weighted by Crippen LogP contribution is 2.09. The van der Waals surface area contributed by atoms with E-state index in [9.17, 15) is 4.79 Å². The Morgan fingerprint density at radius 2 is 2.00 bits per heavy atom. The molecule has 3 heteroatoms. The molecule has 0 aliphatic carbocycles. The van der Waals surface area contributed by atoms with E-state index in [-0.39, 0.29) is 5.22 Å². The molecule has 1 aromatic rings. The summed E-state index contributed by atoms with van der Waals surface area (Å²) >= 11 is 5.57. The fraction of sp³-hybridized carbons (Fsp3) is 0. The van der Waals surface area contributed by atoms with Crippen LogP contribution in [0.1, 0.15) is 10.4 Å². The predicted octanol–water partition coefficient (Wildman–Crippen LogP) is 3.11. The lowest BCUT2D eigenvalue weighted by Gasteiger charge is -2.00. The van der Waals surface area contributed by atoms with Gasteiger partial charge in [-0.1, -0.05) is 30.9 Å². The number of rotatable bonds is 3. The number of benzene rings is 1. The van der Waals surface area contributed by atoms with Gasteiger partial charge in [0.05, 0.1) is 5.56 Å². The lowest BCUT2D eigenvalue weighted by molar-refractivity contribution is 0.0649. The van der Waals surface area contributed by atoms with Crippen molar-refractivity contribution in [1.82, 2.24) is 0 Å². The maximum atomic E-state index is 11.3. The third-order valence-corrected chi connectivity index (χ3v) is 1.65. The van der Waals surface area contributed by atoms with Gasteiger partial charge in [-0.05, 0) is 29.8 Å². The second-order valence-corrected chi connectivity index (χ2v) is 2.83. The largest absolute Gasteiger partial charge is 0.410 e. The molecular formula is C11H9ClO2. The Hall–Kier alpha value is -1.54. The van der Waals surface area contributed by atoms with Gasteiger partial charge in [-0.15, -0.1) is 0 Å². The van der Waals surface area contributed by atoms with Gasteiger partial charge in [-0.2, -0.15) is 0 Å². The van der Waals surface area contributed by atoms with Gasteiger partial charge in [0, 0.05) is 0 Å². The fourth-order valence-electron chi connectivity index (χ4n) is 0.848. The van der Waals surface area contributed by atoms with Gasteiger partial charge in [0.15, 0.2) is 5.22 Å². The number of ether oxygens (including phenoxy) is 1. The predicted molar refractivity (Wildman–Crippen MR) is 56.0 cm³/mol. The summed E-state index contributed by atoms with van der Waals surface area (Å²) in [6.45, 7) is 3.43. The van der Waals surface area contributed by atoms with Crippen LogP contribution in [0.25, 0.3) is 0 Å². The molecule has 72 valence electrons. The molecule has 0 bridgehead atoms. The smallest absolute Gasteiger partial charge is 0.344 e. The monoisotopic (exact) mass is 208 g/mol. The normalized spacial score (nSPS) is 10.8. The van der Waals surface area contributed by atoms with Crippen molar-refractivity contribution < 1.29 is 9.53 Å². The Bertz CT molecular complexity index is 355. The Balaban J connectivity index is 2.69. The van der Waals surface area contributed by atoms with Crippen LogP contribution in [-0.4, -0.2) is 5.97 Å². The van der Waals surface area contributed by atoms with E-state index in [2.05, 4.69) is 6.58 Å². The van der Waals surface area contributed by atoms with E-state index in [0.29, 0.717) is 5.56 Å². The molecule has 0 heterocycles. The summed E-state index contributed by atoms with van der Waals surface area (Å²) < 4.78 is 4.79. The first-order valence-electron chi connectivity index (χ1n) is 3.99. The summed E-state index contributed by atoms with van der Waals surface area (Å²) in [5, 5.41) is 0.00820. The Morgan fingerprint density at radius 3 is 2.57 bits per heavy atom. The van der Waals surface area contributed by atoms with E-state index in [0.717, 1.165) is 0 Å². The number of allylic oxidation sites excluding steroid dienone is 2. The van der Waals surface area contributed by atoms with Crippen LogP contribution in [-0.2, 0) is 4.74 Å². The maximum absolute atomic E-state index is 11.3. The third kappa shape index (κ3) is 3.07. The molecule has 0 saturated carbocycles. The van der Waals surface area contributed by atoms with Crippen molar-refractivity contribution in [3.8, 4) is 0 Å². The van der Waals surface area contributed by atoms with Crippen LogP contribution in [0.2, 0.25) is 0 Å². The summed E-state index contributed by atoms with van der Waals surface area (Å²) in [7, 11) is 0. The maximum Gasteiger partial charge on any atom is 0.344 e. The first-order chi connectivity index (χ1) is 6.74. The van der Waals surface area contributed by atoms with Gasteiger partial charge in [0.1, 0.15) is 0 Å². The highest BCUT2D eigenvalue weighted by molar-refractivity contribution is 6.29. The third-order valence-electron chi connectivity index (χ3n) is 1.45. The highest BCUT2D eigenvalue weighted by atomic mass is 35.5. The zero-order chi connectivity index (χ0) is 10.4. The van der Waals surface area contributed by atoms with E-state index in [4.69, 9.17) is 16.3 Å². The van der Waals surface area contributed by atoms with Crippen LogP contribution >= 0.6 is 11.6 Å². The van der Waals surface area contributed by atoms with E-state index in [1.54, 1.807) is 24.3 Å². The molecule has 0 aliphatic heterocycles. The van der Waals surface area contributed by atoms with Gasteiger partial charge >= 0.3 is 5.97 Å². The Kier molecular flexibility index (Phi) is 3.95. The van der Waals surface area contributed by atoms with E-state index in [1.807, 2.05) is 6.07 Å². The Morgan fingerprint density at radius 1 is 1.36 bits per heavy atom. The number of hydrogen-bond donors (Lipinski definition) is 0. The molecule has 0 radical (unpaired) electrons. The fourth-order valence-corrected chi connectivity index (χ4v) is 1.01. The van der Waals surface area contributed by atoms with Crippen LogP contribution < -0.4 is 0 Å². The van der Waals surface area contributed by atoms with Crippen molar-refractivity contribution in [2.45, 2.75) is 0 Å². The minimum atomic E-state index is -0.478. The molecule has 1 rings (SSSR count). The molecule has 14 heavy (non-hydrogen) atoms. The molecule has 1 aromatic carbocycles. The molecule has 0 unspecified atom stereocenters. The first-order valence-corrected chi connectivity index (χ1v) is 4.37. The van der Waals surface area contributed by atoms with Crippen LogP contribution in [0.3, 0.4) is 0 Å². The molecule has 0 N–H and O–H groups in total. The number of esters is 1. The van der Waals surface area contributed by atoms with Crippen LogP contribution in [0.5, 0.6) is 0 Å². The molecule has 0 aromatic heterocycles. The quantitative estimate of drug-likeness (QED) is 0.434. The SMILES string of the molecule is C=C/C=C(\Cl)OC(=O)c1ccccc1. The van der Waals surface area contributed by atoms with Crippen molar-refractivity contribution in [2.24, 2.45) is 0 Å². The highest BCUT2D eigenvalue weighted by Gasteiger charge is 2.06. The van der Waals surface area contributed by atoms with Gasteiger partial charge < -0.3 is 4.74 Å². The average Bonchev–Trinajstić information content (AvgIpc) is 2.19. The zero-order valence-electron chi connectivity index (χ0n) is 7.44. The second-order valence-electron chi connectivity index (χ2n) is 2.46. The number of carbonyl (C=O) groups excluding carboxylic acids is 1. The summed E-state index contributed by atoms with van der Waals surface area (Å²) in [4.78, 5) is 11.3. The number of hydrogen-bond acceptors (Lipinski definition) is 2. The van der Waals surface area contributed by atoms with Crippen LogP contribution in [0.15, 0.2) is 54.3 Å². The lowest BCUT2D eigenvalue weighted by Crippen LogP contribution is -2.01. The van der Waals surface area contributed by atoms with Gasteiger partial charge in [0.2, 0.25) is 0 Å². The molecule has 0 amide bonds. The van der Waals surface area contributed by atoms with Gasteiger partial charge in [-0.3, -0.25) is 0 Å². The van der Waals surface area contributed by atoms with Crippen LogP contribution in [0, 0.1) is 0 Å². The minimum absolute atomic E-state index is 0.00820. The molecule has 2 nitrogen and oxygen atoms in total. The standard InChI is InChI=1S/C11H9ClO2/c1-2-6-10(12)14-11(13)9-7-4-3-5-8-9/h2-8H,1H2/b10-6+. The summed E-state index contributed by atoms with van der Waals surface area (Å²) in [5.41, 5.74) is 0.461. The average molecular weight is 209 g/mol. The van der Waals surface area contributed by atoms with E-state index >= 15 is 0 Å². The van der Waals surface area contributed by atoms with Gasteiger partial charge in [-0.25, -0.2) is 4.79 Å². The number of halogens is 1.